The number of hydrogen-bond donors (Lipinski definition) is 1. The summed E-state index contributed by atoms with van der Waals surface area (Å²) in [5, 5.41) is 4.81. The third kappa shape index (κ3) is 3.88. The molecule has 114 valence electrons. The van der Waals surface area contributed by atoms with Crippen molar-refractivity contribution in [1.82, 2.24) is 15.4 Å². The second-order valence-electron chi connectivity index (χ2n) is 4.70. The van der Waals surface area contributed by atoms with Gasteiger partial charge >= 0.3 is 0 Å². The Balaban J connectivity index is 1.57. The molecule has 0 spiro atoms. The number of amides is 1. The van der Waals surface area contributed by atoms with Crippen LogP contribution < -0.4 is 10.2 Å². The highest BCUT2D eigenvalue weighted by molar-refractivity contribution is 5.85. The van der Waals surface area contributed by atoms with Crippen LogP contribution in [-0.4, -0.2) is 28.7 Å². The summed E-state index contributed by atoms with van der Waals surface area (Å²) in [6, 6.07) is 13.0. The number of pyridine rings is 2. The maximum atomic E-state index is 11.8. The Labute approximate surface area is 132 Å². The second kappa shape index (κ2) is 7.13. The molecular weight excluding hydrogens is 292 g/mol. The molecule has 0 aliphatic carbocycles. The van der Waals surface area contributed by atoms with Crippen molar-refractivity contribution in [2.75, 3.05) is 6.61 Å². The fourth-order valence-corrected chi connectivity index (χ4v) is 2.00. The molecule has 0 aliphatic heterocycles. The van der Waals surface area contributed by atoms with Gasteiger partial charge in [-0.2, -0.15) is 5.10 Å². The van der Waals surface area contributed by atoms with Crippen molar-refractivity contribution in [3.05, 3.63) is 66.6 Å². The average molecular weight is 306 g/mol. The molecule has 0 saturated carbocycles. The monoisotopic (exact) mass is 306 g/mol. The van der Waals surface area contributed by atoms with E-state index in [4.69, 9.17) is 4.74 Å². The number of carbonyl (C=O) groups excluding carboxylic acids is 1. The van der Waals surface area contributed by atoms with E-state index in [0.717, 1.165) is 16.5 Å². The molecule has 6 nitrogen and oxygen atoms in total. The summed E-state index contributed by atoms with van der Waals surface area (Å²) < 4.78 is 5.52. The van der Waals surface area contributed by atoms with Crippen LogP contribution in [0.2, 0.25) is 0 Å². The van der Waals surface area contributed by atoms with E-state index in [1.807, 2.05) is 30.3 Å². The highest BCUT2D eigenvalue weighted by Gasteiger charge is 2.05. The Hall–Kier alpha value is -3.28. The van der Waals surface area contributed by atoms with Crippen LogP contribution in [0.15, 0.2) is 66.2 Å². The van der Waals surface area contributed by atoms with E-state index in [-0.39, 0.29) is 12.5 Å². The second-order valence-corrected chi connectivity index (χ2v) is 4.70. The van der Waals surface area contributed by atoms with Crippen LogP contribution >= 0.6 is 0 Å². The van der Waals surface area contributed by atoms with E-state index in [9.17, 15) is 4.79 Å². The molecule has 23 heavy (non-hydrogen) atoms. The quantitative estimate of drug-likeness (QED) is 0.579. The van der Waals surface area contributed by atoms with Crippen molar-refractivity contribution in [1.29, 1.82) is 0 Å². The first-order chi connectivity index (χ1) is 11.3. The molecule has 6 heteroatoms. The number of carbonyl (C=O) groups is 1. The van der Waals surface area contributed by atoms with Gasteiger partial charge in [-0.3, -0.25) is 14.8 Å². The Kier molecular flexibility index (Phi) is 4.54. The molecule has 0 fully saturated rings. The third-order valence-corrected chi connectivity index (χ3v) is 3.04. The molecule has 0 unspecified atom stereocenters. The number of nitrogens with one attached hydrogen (secondary N) is 1. The van der Waals surface area contributed by atoms with Gasteiger partial charge in [0.05, 0.1) is 6.21 Å². The van der Waals surface area contributed by atoms with E-state index in [0.29, 0.717) is 5.75 Å². The van der Waals surface area contributed by atoms with Gasteiger partial charge in [0, 0.05) is 29.5 Å². The third-order valence-electron chi connectivity index (χ3n) is 3.04. The van der Waals surface area contributed by atoms with Gasteiger partial charge < -0.3 is 4.74 Å². The summed E-state index contributed by atoms with van der Waals surface area (Å²) in [5.74, 6) is 0.215. The van der Waals surface area contributed by atoms with Gasteiger partial charge in [0.25, 0.3) is 5.91 Å². The van der Waals surface area contributed by atoms with Crippen LogP contribution in [0.1, 0.15) is 5.56 Å². The van der Waals surface area contributed by atoms with Gasteiger partial charge in [0.2, 0.25) is 0 Å². The van der Waals surface area contributed by atoms with E-state index in [1.54, 1.807) is 30.7 Å². The summed E-state index contributed by atoms with van der Waals surface area (Å²) in [6.07, 6.45) is 6.52. The van der Waals surface area contributed by atoms with Gasteiger partial charge in [0.1, 0.15) is 11.3 Å². The first-order valence-electron chi connectivity index (χ1n) is 7.01. The van der Waals surface area contributed by atoms with Gasteiger partial charge in [-0.1, -0.05) is 24.3 Å². The van der Waals surface area contributed by atoms with Gasteiger partial charge in [-0.15, -0.1) is 0 Å². The fourth-order valence-electron chi connectivity index (χ4n) is 2.00. The van der Waals surface area contributed by atoms with Crippen LogP contribution in [0.5, 0.6) is 5.75 Å². The number of ether oxygens (including phenoxy) is 1. The number of benzene rings is 1. The SMILES string of the molecule is O=C(COc1cccc2cccnc12)N/N=C/c1cccnc1. The highest BCUT2D eigenvalue weighted by atomic mass is 16.5. The lowest BCUT2D eigenvalue weighted by Crippen LogP contribution is -2.24. The van der Waals surface area contributed by atoms with E-state index < -0.39 is 0 Å². The average Bonchev–Trinajstić information content (AvgIpc) is 2.61. The van der Waals surface area contributed by atoms with Crippen LogP contribution in [0.3, 0.4) is 0 Å². The first-order valence-corrected chi connectivity index (χ1v) is 7.01. The smallest absolute Gasteiger partial charge is 0.277 e. The molecular formula is C17H14N4O2. The van der Waals surface area contributed by atoms with Crippen molar-refractivity contribution in [2.45, 2.75) is 0 Å². The summed E-state index contributed by atoms with van der Waals surface area (Å²) in [6.45, 7) is -0.139. The fraction of sp³-hybridized carbons (Fsp3) is 0.0588. The van der Waals surface area contributed by atoms with Gasteiger partial charge in [-0.25, -0.2) is 5.43 Å². The van der Waals surface area contributed by atoms with Crippen molar-refractivity contribution in [3.8, 4) is 5.75 Å². The Morgan fingerprint density at radius 1 is 1.17 bits per heavy atom. The highest BCUT2D eigenvalue weighted by Crippen LogP contribution is 2.22. The number of aromatic nitrogens is 2. The topological polar surface area (TPSA) is 76.5 Å². The largest absolute Gasteiger partial charge is 0.481 e. The number of hydrazone groups is 1. The molecule has 0 aliphatic rings. The van der Waals surface area contributed by atoms with Crippen LogP contribution in [0.4, 0.5) is 0 Å². The van der Waals surface area contributed by atoms with Crippen molar-refractivity contribution < 1.29 is 9.53 Å². The van der Waals surface area contributed by atoms with Crippen LogP contribution in [0.25, 0.3) is 10.9 Å². The number of hydrogen-bond acceptors (Lipinski definition) is 5. The van der Waals surface area contributed by atoms with E-state index >= 15 is 0 Å². The molecule has 1 aromatic carbocycles. The molecule has 2 heterocycles. The van der Waals surface area contributed by atoms with E-state index in [2.05, 4.69) is 20.5 Å². The predicted octanol–water partition coefficient (Wildman–Crippen LogP) is 2.16. The molecule has 0 saturated heterocycles. The predicted molar refractivity (Wildman–Crippen MR) is 87.2 cm³/mol. The van der Waals surface area contributed by atoms with Gasteiger partial charge in [-0.05, 0) is 18.2 Å². The summed E-state index contributed by atoms with van der Waals surface area (Å²) in [7, 11) is 0. The maximum absolute atomic E-state index is 11.8. The molecule has 3 aromatic rings. The summed E-state index contributed by atoms with van der Waals surface area (Å²) in [4.78, 5) is 20.0. The number of nitrogens with zero attached hydrogens (tertiary/aromatic N) is 3. The molecule has 0 atom stereocenters. The summed E-state index contributed by atoms with van der Waals surface area (Å²) >= 11 is 0. The normalized spacial score (nSPS) is 10.8. The minimum Gasteiger partial charge on any atom is -0.481 e. The van der Waals surface area contributed by atoms with Gasteiger partial charge in [0.15, 0.2) is 6.61 Å². The number of fused-ring (bicyclic) bond motifs is 1. The Bertz CT molecular complexity index is 829. The molecule has 3 rings (SSSR count). The zero-order valence-corrected chi connectivity index (χ0v) is 12.2. The standard InChI is InChI=1S/C17H14N4O2/c22-16(21-20-11-13-4-2-8-18-10-13)12-23-15-7-1-5-14-6-3-9-19-17(14)15/h1-11H,12H2,(H,21,22)/b20-11+. The Morgan fingerprint density at radius 2 is 2.04 bits per heavy atom. The first kappa shape index (κ1) is 14.6. The molecule has 1 N–H and O–H groups in total. The number of para-hydroxylation sites is 1. The molecule has 0 radical (unpaired) electrons. The van der Waals surface area contributed by atoms with Crippen molar-refractivity contribution >= 4 is 23.0 Å². The lowest BCUT2D eigenvalue weighted by atomic mass is 10.2. The Morgan fingerprint density at radius 3 is 2.91 bits per heavy atom. The molecule has 1 amide bonds. The zero-order chi connectivity index (χ0) is 15.9. The maximum Gasteiger partial charge on any atom is 0.277 e. The minimum absolute atomic E-state index is 0.139. The van der Waals surface area contributed by atoms with Crippen LogP contribution in [0, 0.1) is 0 Å². The lowest BCUT2D eigenvalue weighted by Gasteiger charge is -2.07. The van der Waals surface area contributed by atoms with Crippen molar-refractivity contribution in [2.24, 2.45) is 5.10 Å². The lowest BCUT2D eigenvalue weighted by molar-refractivity contribution is -0.123. The van der Waals surface area contributed by atoms with E-state index in [1.165, 1.54) is 6.21 Å². The number of rotatable bonds is 5. The zero-order valence-electron chi connectivity index (χ0n) is 12.2. The summed E-state index contributed by atoms with van der Waals surface area (Å²) in [5.41, 5.74) is 3.93. The minimum atomic E-state index is -0.349. The van der Waals surface area contributed by atoms with Crippen molar-refractivity contribution in [3.63, 3.8) is 0 Å². The van der Waals surface area contributed by atoms with Crippen LogP contribution in [-0.2, 0) is 4.79 Å². The molecule has 2 aromatic heterocycles. The molecule has 0 bridgehead atoms.